The molecule has 3 aromatic rings. The Labute approximate surface area is 261 Å². The minimum Gasteiger partial charge on any atom is -0.494 e. The van der Waals surface area contributed by atoms with Gasteiger partial charge in [0.25, 0.3) is 10.0 Å². The molecule has 1 N–H and O–H groups in total. The van der Waals surface area contributed by atoms with Gasteiger partial charge >= 0.3 is 0 Å². The second-order valence-electron chi connectivity index (χ2n) is 10.2. The van der Waals surface area contributed by atoms with E-state index < -0.39 is 28.5 Å². The molecule has 0 bridgehead atoms. The summed E-state index contributed by atoms with van der Waals surface area (Å²) in [5.41, 5.74) is 2.06. The van der Waals surface area contributed by atoms with E-state index in [0.29, 0.717) is 24.7 Å². The fraction of sp³-hybridized carbons (Fsp3) is 0.394. The van der Waals surface area contributed by atoms with Gasteiger partial charge in [-0.05, 0) is 74.7 Å². The molecular formula is C33H43N3O7S. The van der Waals surface area contributed by atoms with Crippen LogP contribution in [0, 0.1) is 6.92 Å². The Hall–Kier alpha value is -4.25. The Balaban J connectivity index is 2.07. The first-order valence-corrected chi connectivity index (χ1v) is 16.1. The first-order valence-electron chi connectivity index (χ1n) is 14.7. The highest BCUT2D eigenvalue weighted by Crippen LogP contribution is 2.33. The molecule has 0 aliphatic carbocycles. The number of rotatable bonds is 16. The average Bonchev–Trinajstić information content (AvgIpc) is 3.03. The van der Waals surface area contributed by atoms with Crippen molar-refractivity contribution >= 4 is 27.5 Å². The molecule has 11 heteroatoms. The number of nitrogens with zero attached hydrogens (tertiary/aromatic N) is 2. The number of hydrogen-bond acceptors (Lipinski definition) is 7. The molecule has 238 valence electrons. The normalized spacial score (nSPS) is 11.8. The van der Waals surface area contributed by atoms with Crippen molar-refractivity contribution in [2.45, 2.75) is 58.0 Å². The number of sulfonamides is 1. The van der Waals surface area contributed by atoms with Crippen LogP contribution in [-0.2, 0) is 26.2 Å². The molecule has 0 spiro atoms. The average molecular weight is 626 g/mol. The number of carbonyl (C=O) groups excluding carboxylic acids is 2. The maximum Gasteiger partial charge on any atom is 0.264 e. The van der Waals surface area contributed by atoms with Gasteiger partial charge in [0.15, 0.2) is 11.5 Å². The lowest BCUT2D eigenvalue weighted by Crippen LogP contribution is -2.51. The largest absolute Gasteiger partial charge is 0.494 e. The SMILES string of the molecule is CCCCNC(=O)[C@H](C)N(Cc1ccccc1C)C(=O)CN(c1ccc(OCC)cc1)S(=O)(=O)c1ccc(OC)c(OC)c1. The third-order valence-corrected chi connectivity index (χ3v) is 9.03. The highest BCUT2D eigenvalue weighted by Gasteiger charge is 2.33. The van der Waals surface area contributed by atoms with Crippen molar-refractivity contribution in [3.05, 3.63) is 77.9 Å². The lowest BCUT2D eigenvalue weighted by molar-refractivity contribution is -0.139. The Morgan fingerprint density at radius 2 is 1.61 bits per heavy atom. The van der Waals surface area contributed by atoms with Crippen LogP contribution >= 0.6 is 0 Å². The number of nitrogens with one attached hydrogen (secondary N) is 1. The number of unbranched alkanes of at least 4 members (excludes halogenated alkanes) is 1. The maximum atomic E-state index is 14.2. The number of amides is 2. The minimum atomic E-state index is -4.30. The number of anilines is 1. The number of methoxy groups -OCH3 is 2. The van der Waals surface area contributed by atoms with Crippen molar-refractivity contribution in [1.29, 1.82) is 0 Å². The molecule has 2 amide bonds. The smallest absolute Gasteiger partial charge is 0.264 e. The molecule has 0 aromatic heterocycles. The molecule has 0 aliphatic heterocycles. The lowest BCUT2D eigenvalue weighted by atomic mass is 10.1. The second kappa shape index (κ2) is 16.0. The van der Waals surface area contributed by atoms with E-state index in [1.165, 1.54) is 37.3 Å². The Morgan fingerprint density at radius 3 is 2.23 bits per heavy atom. The van der Waals surface area contributed by atoms with Crippen molar-refractivity contribution in [3.63, 3.8) is 0 Å². The monoisotopic (exact) mass is 625 g/mol. The van der Waals surface area contributed by atoms with Gasteiger partial charge < -0.3 is 24.4 Å². The molecule has 0 fully saturated rings. The zero-order valence-electron chi connectivity index (χ0n) is 26.3. The van der Waals surface area contributed by atoms with Crippen molar-refractivity contribution in [2.24, 2.45) is 0 Å². The van der Waals surface area contributed by atoms with E-state index in [0.717, 1.165) is 28.3 Å². The van der Waals surface area contributed by atoms with Gasteiger partial charge in [0.05, 0.1) is 31.4 Å². The second-order valence-corrected chi connectivity index (χ2v) is 12.1. The molecule has 0 unspecified atom stereocenters. The summed E-state index contributed by atoms with van der Waals surface area (Å²) in [6, 6.07) is 17.4. The van der Waals surface area contributed by atoms with Gasteiger partial charge in [-0.2, -0.15) is 0 Å². The number of carbonyl (C=O) groups is 2. The summed E-state index contributed by atoms with van der Waals surface area (Å²) in [6.07, 6.45) is 1.71. The Kier molecular flexibility index (Phi) is 12.5. The van der Waals surface area contributed by atoms with Crippen LogP contribution in [0.1, 0.15) is 44.7 Å². The van der Waals surface area contributed by atoms with E-state index in [-0.39, 0.29) is 28.8 Å². The van der Waals surface area contributed by atoms with Crippen molar-refractivity contribution < 1.29 is 32.2 Å². The zero-order valence-corrected chi connectivity index (χ0v) is 27.1. The fourth-order valence-corrected chi connectivity index (χ4v) is 6.03. The van der Waals surface area contributed by atoms with Crippen LogP contribution in [0.15, 0.2) is 71.6 Å². The van der Waals surface area contributed by atoms with Crippen LogP contribution < -0.4 is 23.8 Å². The summed E-state index contributed by atoms with van der Waals surface area (Å²) >= 11 is 0. The van der Waals surface area contributed by atoms with E-state index in [1.807, 2.05) is 45.0 Å². The topological polar surface area (TPSA) is 114 Å². The van der Waals surface area contributed by atoms with E-state index in [2.05, 4.69) is 5.32 Å². The summed E-state index contributed by atoms with van der Waals surface area (Å²) < 4.78 is 45.6. The van der Waals surface area contributed by atoms with Gasteiger partial charge in [-0.25, -0.2) is 8.42 Å². The van der Waals surface area contributed by atoms with Gasteiger partial charge in [0.2, 0.25) is 11.8 Å². The van der Waals surface area contributed by atoms with E-state index in [4.69, 9.17) is 14.2 Å². The molecule has 44 heavy (non-hydrogen) atoms. The summed E-state index contributed by atoms with van der Waals surface area (Å²) in [6.45, 7) is 7.96. The molecule has 0 saturated heterocycles. The summed E-state index contributed by atoms with van der Waals surface area (Å²) in [4.78, 5) is 28.7. The first-order chi connectivity index (χ1) is 21.1. The van der Waals surface area contributed by atoms with Crippen LogP contribution in [0.5, 0.6) is 17.2 Å². The Morgan fingerprint density at radius 1 is 0.932 bits per heavy atom. The predicted molar refractivity (Wildman–Crippen MR) is 171 cm³/mol. The lowest BCUT2D eigenvalue weighted by Gasteiger charge is -2.32. The molecule has 3 aromatic carbocycles. The molecule has 0 saturated carbocycles. The standard InChI is InChI=1S/C33H43N3O7S/c1-7-9-20-34-33(38)25(4)35(22-26-13-11-10-12-24(26)3)32(37)23-36(27-14-16-28(17-15-27)43-8-2)44(39,40)29-18-19-30(41-5)31(21-29)42-6/h10-19,21,25H,7-9,20,22-23H2,1-6H3,(H,34,38)/t25-/m0/s1. The van der Waals surface area contributed by atoms with Crippen molar-refractivity contribution in [1.82, 2.24) is 10.2 Å². The van der Waals surface area contributed by atoms with Gasteiger partial charge in [-0.15, -0.1) is 0 Å². The third kappa shape index (κ3) is 8.43. The highest BCUT2D eigenvalue weighted by molar-refractivity contribution is 7.92. The van der Waals surface area contributed by atoms with Gasteiger partial charge in [0.1, 0.15) is 18.3 Å². The van der Waals surface area contributed by atoms with Crippen LogP contribution in [0.25, 0.3) is 0 Å². The quantitative estimate of drug-likeness (QED) is 0.224. The molecular weight excluding hydrogens is 582 g/mol. The summed E-state index contributed by atoms with van der Waals surface area (Å²) in [7, 11) is -1.43. The van der Waals surface area contributed by atoms with Crippen LogP contribution in [0.3, 0.4) is 0 Å². The third-order valence-electron chi connectivity index (χ3n) is 7.26. The summed E-state index contributed by atoms with van der Waals surface area (Å²) in [5, 5.41) is 2.90. The zero-order chi connectivity index (χ0) is 32.3. The predicted octanol–water partition coefficient (Wildman–Crippen LogP) is 4.94. The number of aryl methyl sites for hydroxylation is 1. The van der Waals surface area contributed by atoms with Crippen molar-refractivity contribution in [3.8, 4) is 17.2 Å². The molecule has 10 nitrogen and oxygen atoms in total. The molecule has 0 heterocycles. The van der Waals surface area contributed by atoms with Crippen molar-refractivity contribution in [2.75, 3.05) is 38.2 Å². The molecule has 3 rings (SSSR count). The van der Waals surface area contributed by atoms with Gasteiger partial charge in [-0.1, -0.05) is 37.6 Å². The van der Waals surface area contributed by atoms with E-state index >= 15 is 0 Å². The van der Waals surface area contributed by atoms with E-state index in [1.54, 1.807) is 31.2 Å². The molecule has 1 atom stereocenters. The number of benzene rings is 3. The van der Waals surface area contributed by atoms with Crippen LogP contribution in [-0.4, -0.2) is 65.1 Å². The minimum absolute atomic E-state index is 0.0901. The molecule has 0 radical (unpaired) electrons. The van der Waals surface area contributed by atoms with Crippen LogP contribution in [0.4, 0.5) is 5.69 Å². The number of ether oxygens (including phenoxy) is 3. The van der Waals surface area contributed by atoms with Crippen LogP contribution in [0.2, 0.25) is 0 Å². The Bertz CT molecular complexity index is 1510. The highest BCUT2D eigenvalue weighted by atomic mass is 32.2. The first kappa shape index (κ1) is 34.2. The maximum absolute atomic E-state index is 14.2. The van der Waals surface area contributed by atoms with Gasteiger partial charge in [0, 0.05) is 19.2 Å². The summed E-state index contributed by atoms with van der Waals surface area (Å²) in [5.74, 6) is 0.303. The fourth-order valence-electron chi connectivity index (χ4n) is 4.60. The molecule has 0 aliphatic rings. The number of hydrogen-bond donors (Lipinski definition) is 1. The van der Waals surface area contributed by atoms with Gasteiger partial charge in [-0.3, -0.25) is 13.9 Å². The van der Waals surface area contributed by atoms with E-state index in [9.17, 15) is 18.0 Å².